The van der Waals surface area contributed by atoms with E-state index in [1.54, 1.807) is 12.1 Å². The van der Waals surface area contributed by atoms with Crippen LogP contribution in [0.2, 0.25) is 10.0 Å². The van der Waals surface area contributed by atoms with Gasteiger partial charge in [0.15, 0.2) is 5.65 Å². The minimum Gasteiger partial charge on any atom is -0.495 e. The monoisotopic (exact) mass is 417 g/mol. The molecule has 2 aromatic heterocycles. The van der Waals surface area contributed by atoms with E-state index in [-0.39, 0.29) is 22.8 Å². The van der Waals surface area contributed by atoms with Crippen LogP contribution in [0, 0.1) is 0 Å². The third kappa shape index (κ3) is 4.28. The molecule has 5 nitrogen and oxygen atoms in total. The van der Waals surface area contributed by atoms with Crippen molar-refractivity contribution in [2.24, 2.45) is 0 Å². The highest BCUT2D eigenvalue weighted by Crippen LogP contribution is 2.32. The third-order valence-electron chi connectivity index (χ3n) is 3.66. The number of fused-ring (bicyclic) bond motifs is 1. The van der Waals surface area contributed by atoms with E-state index in [0.717, 1.165) is 16.7 Å². The van der Waals surface area contributed by atoms with Crippen molar-refractivity contribution in [3.05, 3.63) is 58.0 Å². The van der Waals surface area contributed by atoms with Crippen molar-refractivity contribution in [2.75, 3.05) is 12.4 Å². The Hall–Kier alpha value is -2.45. The van der Waals surface area contributed by atoms with Crippen LogP contribution < -0.4 is 10.1 Å². The minimum absolute atomic E-state index is 0.132. The number of rotatable bonds is 4. The maximum absolute atomic E-state index is 12.9. The number of amides is 1. The lowest BCUT2D eigenvalue weighted by atomic mass is 10.2. The fourth-order valence-electron chi connectivity index (χ4n) is 2.48. The predicted octanol–water partition coefficient (Wildman–Crippen LogP) is 4.85. The van der Waals surface area contributed by atoms with Gasteiger partial charge in [0.1, 0.15) is 5.75 Å². The van der Waals surface area contributed by atoms with Crippen molar-refractivity contribution in [2.45, 2.75) is 12.6 Å². The molecule has 0 spiro atoms. The van der Waals surface area contributed by atoms with E-state index in [9.17, 15) is 18.0 Å². The van der Waals surface area contributed by atoms with E-state index in [4.69, 9.17) is 27.9 Å². The zero-order valence-electron chi connectivity index (χ0n) is 13.8. The fraction of sp³-hybridized carbons (Fsp3) is 0.176. The lowest BCUT2D eigenvalue weighted by molar-refractivity contribution is -0.137. The number of carbonyl (C=O) groups is 1. The first-order valence-corrected chi connectivity index (χ1v) is 8.30. The number of nitrogens with one attached hydrogen (secondary N) is 1. The number of methoxy groups -OCH3 is 1. The Kier molecular flexibility index (Phi) is 5.21. The Balaban J connectivity index is 1.83. The Labute approximate surface area is 161 Å². The molecule has 0 aliphatic rings. The van der Waals surface area contributed by atoms with Crippen molar-refractivity contribution >= 4 is 40.4 Å². The van der Waals surface area contributed by atoms with Crippen LogP contribution in [0.4, 0.5) is 18.9 Å². The summed E-state index contributed by atoms with van der Waals surface area (Å²) in [5.41, 5.74) is -0.143. The zero-order valence-corrected chi connectivity index (χ0v) is 15.3. The number of carbonyl (C=O) groups excluding carboxylic acids is 1. The van der Waals surface area contributed by atoms with Crippen molar-refractivity contribution in [1.82, 2.24) is 9.38 Å². The number of ether oxygens (including phenoxy) is 1. The summed E-state index contributed by atoms with van der Waals surface area (Å²) in [6.45, 7) is 0. The number of anilines is 1. The molecule has 0 radical (unpaired) electrons. The van der Waals surface area contributed by atoms with Crippen LogP contribution in [0.1, 0.15) is 11.3 Å². The first kappa shape index (κ1) is 19.3. The number of halogens is 5. The molecule has 0 saturated carbocycles. The molecular weight excluding hydrogens is 406 g/mol. The second kappa shape index (κ2) is 7.28. The van der Waals surface area contributed by atoms with E-state index in [1.165, 1.54) is 19.4 Å². The van der Waals surface area contributed by atoms with Gasteiger partial charge >= 0.3 is 6.18 Å². The van der Waals surface area contributed by atoms with Gasteiger partial charge in [-0.15, -0.1) is 0 Å². The summed E-state index contributed by atoms with van der Waals surface area (Å²) in [5, 5.41) is 2.88. The first-order valence-electron chi connectivity index (χ1n) is 7.55. The highest BCUT2D eigenvalue weighted by Gasteiger charge is 2.32. The number of hydrogen-bond donors (Lipinski definition) is 1. The molecule has 27 heavy (non-hydrogen) atoms. The van der Waals surface area contributed by atoms with Crippen LogP contribution in [-0.4, -0.2) is 22.4 Å². The summed E-state index contributed by atoms with van der Waals surface area (Å²) in [6, 6.07) is 5.53. The van der Waals surface area contributed by atoms with Crippen LogP contribution in [0.15, 0.2) is 36.7 Å². The number of hydrogen-bond acceptors (Lipinski definition) is 3. The molecule has 3 aromatic rings. The SMILES string of the molecule is COc1ccc(Cl)cc1NC(=O)Cc1cn2cc(C(F)(F)F)cc(Cl)c2n1. The summed E-state index contributed by atoms with van der Waals surface area (Å²) in [7, 11) is 1.45. The molecular formula is C17H12Cl2F3N3O2. The number of pyridine rings is 1. The van der Waals surface area contributed by atoms with Crippen LogP contribution in [-0.2, 0) is 17.4 Å². The number of benzene rings is 1. The summed E-state index contributed by atoms with van der Waals surface area (Å²) in [4.78, 5) is 16.4. The van der Waals surface area contributed by atoms with E-state index in [0.29, 0.717) is 16.5 Å². The molecule has 0 saturated heterocycles. The van der Waals surface area contributed by atoms with Gasteiger partial charge in [0.2, 0.25) is 5.91 Å². The molecule has 0 atom stereocenters. The lowest BCUT2D eigenvalue weighted by Gasteiger charge is -2.09. The first-order chi connectivity index (χ1) is 12.7. The third-order valence-corrected chi connectivity index (χ3v) is 4.17. The van der Waals surface area contributed by atoms with Gasteiger partial charge in [-0.1, -0.05) is 23.2 Å². The van der Waals surface area contributed by atoms with Crippen LogP contribution >= 0.6 is 23.2 Å². The Morgan fingerprint density at radius 2 is 2.00 bits per heavy atom. The summed E-state index contributed by atoms with van der Waals surface area (Å²) >= 11 is 11.8. The second-order valence-corrected chi connectivity index (χ2v) is 6.45. The molecule has 0 aliphatic heterocycles. The smallest absolute Gasteiger partial charge is 0.417 e. The van der Waals surface area contributed by atoms with Gasteiger partial charge in [0, 0.05) is 17.4 Å². The van der Waals surface area contributed by atoms with Gasteiger partial charge in [-0.05, 0) is 24.3 Å². The molecule has 1 N–H and O–H groups in total. The van der Waals surface area contributed by atoms with Crippen molar-refractivity contribution in [3.63, 3.8) is 0 Å². The highest BCUT2D eigenvalue weighted by atomic mass is 35.5. The second-order valence-electron chi connectivity index (χ2n) is 5.61. The largest absolute Gasteiger partial charge is 0.495 e. The maximum Gasteiger partial charge on any atom is 0.417 e. The maximum atomic E-state index is 12.9. The molecule has 1 amide bonds. The Morgan fingerprint density at radius 3 is 2.67 bits per heavy atom. The fourth-order valence-corrected chi connectivity index (χ4v) is 2.91. The lowest BCUT2D eigenvalue weighted by Crippen LogP contribution is -2.15. The number of nitrogens with zero attached hydrogens (tertiary/aromatic N) is 2. The van der Waals surface area contributed by atoms with E-state index in [2.05, 4.69) is 10.3 Å². The standard InChI is InChI=1S/C17H12Cl2F3N3O2/c1-27-14-3-2-10(18)5-13(14)24-15(26)6-11-8-25-7-9(17(20,21)22)4-12(19)16(25)23-11/h2-5,7-8H,6H2,1H3,(H,24,26). The Morgan fingerprint density at radius 1 is 1.26 bits per heavy atom. The molecule has 1 aromatic carbocycles. The van der Waals surface area contributed by atoms with E-state index >= 15 is 0 Å². The summed E-state index contributed by atoms with van der Waals surface area (Å²) in [5.74, 6) is -0.0215. The van der Waals surface area contributed by atoms with Crippen molar-refractivity contribution < 1.29 is 22.7 Å². The van der Waals surface area contributed by atoms with Gasteiger partial charge in [0.05, 0.1) is 35.5 Å². The van der Waals surface area contributed by atoms with Gasteiger partial charge in [-0.25, -0.2) is 4.98 Å². The molecule has 0 aliphatic carbocycles. The zero-order chi connectivity index (χ0) is 19.8. The average molecular weight is 418 g/mol. The normalized spacial score (nSPS) is 11.6. The quantitative estimate of drug-likeness (QED) is 0.659. The molecule has 0 bridgehead atoms. The van der Waals surface area contributed by atoms with Gasteiger partial charge in [-0.2, -0.15) is 13.2 Å². The van der Waals surface area contributed by atoms with Crippen LogP contribution in [0.25, 0.3) is 5.65 Å². The van der Waals surface area contributed by atoms with Crippen molar-refractivity contribution in [1.29, 1.82) is 0 Å². The van der Waals surface area contributed by atoms with Gasteiger partial charge in [0.25, 0.3) is 0 Å². The summed E-state index contributed by atoms with van der Waals surface area (Å²) in [6.07, 6.45) is -2.52. The predicted molar refractivity (Wildman–Crippen MR) is 95.5 cm³/mol. The minimum atomic E-state index is -4.54. The van der Waals surface area contributed by atoms with Gasteiger partial charge < -0.3 is 14.5 Å². The topological polar surface area (TPSA) is 55.6 Å². The molecule has 10 heteroatoms. The molecule has 0 fully saturated rings. The van der Waals surface area contributed by atoms with Crippen LogP contribution in [0.3, 0.4) is 0 Å². The van der Waals surface area contributed by atoms with E-state index < -0.39 is 17.6 Å². The van der Waals surface area contributed by atoms with Crippen LogP contribution in [0.5, 0.6) is 5.75 Å². The van der Waals surface area contributed by atoms with Crippen molar-refractivity contribution in [3.8, 4) is 5.75 Å². The number of imidazole rings is 1. The average Bonchev–Trinajstić information content (AvgIpc) is 2.97. The molecule has 3 rings (SSSR count). The number of alkyl halides is 3. The molecule has 142 valence electrons. The van der Waals surface area contributed by atoms with E-state index in [1.807, 2.05) is 0 Å². The molecule has 2 heterocycles. The highest BCUT2D eigenvalue weighted by molar-refractivity contribution is 6.33. The Bertz CT molecular complexity index is 1020. The molecule has 0 unspecified atom stereocenters. The summed E-state index contributed by atoms with van der Waals surface area (Å²) < 4.78 is 44.9. The van der Waals surface area contributed by atoms with Gasteiger partial charge in [-0.3, -0.25) is 4.79 Å². The number of aromatic nitrogens is 2.